The van der Waals surface area contributed by atoms with Gasteiger partial charge in [-0.25, -0.2) is 0 Å². The van der Waals surface area contributed by atoms with Gasteiger partial charge in [0.25, 0.3) is 0 Å². The number of rotatable bonds is 9. The van der Waals surface area contributed by atoms with Crippen LogP contribution in [0.2, 0.25) is 0 Å². The zero-order valence-corrected chi connectivity index (χ0v) is 18.4. The number of amides is 1. The average molecular weight is 410 g/mol. The van der Waals surface area contributed by atoms with Crippen molar-refractivity contribution in [1.29, 1.82) is 0 Å². The van der Waals surface area contributed by atoms with E-state index >= 15 is 0 Å². The summed E-state index contributed by atoms with van der Waals surface area (Å²) >= 11 is 1.84. The molecule has 1 fully saturated rings. The third kappa shape index (κ3) is 7.41. The maximum Gasteiger partial charge on any atom is 0.222 e. The first-order valence-corrected chi connectivity index (χ1v) is 11.0. The van der Waals surface area contributed by atoms with Crippen molar-refractivity contribution in [3.05, 3.63) is 21.9 Å². The average Bonchev–Trinajstić information content (AvgIpc) is 3.11. The number of thiophene rings is 1. The third-order valence-corrected chi connectivity index (χ3v) is 5.69. The van der Waals surface area contributed by atoms with Crippen LogP contribution in [-0.2, 0) is 9.53 Å². The lowest BCUT2D eigenvalue weighted by Gasteiger charge is -2.33. The zero-order chi connectivity index (χ0) is 20.4. The first-order valence-electron chi connectivity index (χ1n) is 10.2. The number of hydrogen-bond donors (Lipinski definition) is 3. The highest BCUT2D eigenvalue weighted by Crippen LogP contribution is 2.28. The Morgan fingerprint density at radius 1 is 1.21 bits per heavy atom. The van der Waals surface area contributed by atoms with Crippen molar-refractivity contribution >= 4 is 23.2 Å². The zero-order valence-electron chi connectivity index (χ0n) is 17.6. The number of nitrogens with one attached hydrogen (secondary N) is 3. The van der Waals surface area contributed by atoms with Crippen LogP contribution in [0.15, 0.2) is 17.1 Å². The Balaban J connectivity index is 1.96. The Bertz CT molecular complexity index is 626. The van der Waals surface area contributed by atoms with E-state index in [9.17, 15) is 4.79 Å². The van der Waals surface area contributed by atoms with Crippen LogP contribution in [0, 0.1) is 12.8 Å². The second-order valence-corrected chi connectivity index (χ2v) is 8.52. The number of aliphatic imine (C=N–C) groups is 1. The predicted molar refractivity (Wildman–Crippen MR) is 116 cm³/mol. The predicted octanol–water partition coefficient (Wildman–Crippen LogP) is 1.76. The van der Waals surface area contributed by atoms with Gasteiger partial charge in [-0.1, -0.05) is 13.8 Å². The molecule has 28 heavy (non-hydrogen) atoms. The quantitative estimate of drug-likeness (QED) is 0.329. The number of aryl methyl sites for hydroxylation is 1. The number of nitrogens with zero attached hydrogens (tertiary/aromatic N) is 2. The van der Waals surface area contributed by atoms with Crippen LogP contribution in [0.25, 0.3) is 0 Å². The van der Waals surface area contributed by atoms with E-state index in [4.69, 9.17) is 9.73 Å². The molecule has 0 saturated carbocycles. The lowest BCUT2D eigenvalue weighted by Crippen LogP contribution is -2.43. The summed E-state index contributed by atoms with van der Waals surface area (Å²) in [6, 6.07) is 4.66. The van der Waals surface area contributed by atoms with E-state index < -0.39 is 0 Å². The van der Waals surface area contributed by atoms with Crippen LogP contribution in [0.5, 0.6) is 0 Å². The van der Waals surface area contributed by atoms with Gasteiger partial charge < -0.3 is 20.7 Å². The van der Waals surface area contributed by atoms with Gasteiger partial charge in [-0.3, -0.25) is 14.7 Å². The summed E-state index contributed by atoms with van der Waals surface area (Å²) in [4.78, 5) is 21.6. The van der Waals surface area contributed by atoms with Gasteiger partial charge in [0.1, 0.15) is 0 Å². The number of carbonyl (C=O) groups is 1. The van der Waals surface area contributed by atoms with E-state index in [1.54, 1.807) is 0 Å². The summed E-state index contributed by atoms with van der Waals surface area (Å²) in [6.07, 6.45) is 0. The molecular weight excluding hydrogens is 374 g/mol. The fourth-order valence-corrected chi connectivity index (χ4v) is 4.00. The van der Waals surface area contributed by atoms with Crippen molar-refractivity contribution < 1.29 is 9.53 Å². The molecule has 2 heterocycles. The number of hydrogen-bond acceptors (Lipinski definition) is 5. The molecule has 0 spiro atoms. The monoisotopic (exact) mass is 409 g/mol. The van der Waals surface area contributed by atoms with Gasteiger partial charge in [-0.05, 0) is 26.0 Å². The Morgan fingerprint density at radius 2 is 1.93 bits per heavy atom. The fraction of sp³-hybridized carbons (Fsp3) is 0.700. The topological polar surface area (TPSA) is 78.0 Å². The Labute approximate surface area is 172 Å². The largest absolute Gasteiger partial charge is 0.379 e. The highest BCUT2D eigenvalue weighted by atomic mass is 32.1. The van der Waals surface area contributed by atoms with Crippen molar-refractivity contribution in [3.8, 4) is 0 Å². The normalized spacial score (nSPS) is 16.8. The molecule has 0 aliphatic carbocycles. The Morgan fingerprint density at radius 3 is 2.54 bits per heavy atom. The number of morpholine rings is 1. The molecule has 1 aromatic heterocycles. The molecule has 1 atom stereocenters. The molecule has 0 aromatic carbocycles. The smallest absolute Gasteiger partial charge is 0.222 e. The highest BCUT2D eigenvalue weighted by Gasteiger charge is 2.23. The molecule has 158 valence electrons. The molecular formula is C20H35N5O2S. The van der Waals surface area contributed by atoms with Crippen LogP contribution >= 0.6 is 11.3 Å². The standard InChI is InChI=1S/C20H35N5O2S/c1-5-21-20(23-9-8-22-19(26)15(2)3)24-14-17(18-7-6-16(4)28-18)25-10-12-27-13-11-25/h6-7,15,17H,5,8-14H2,1-4H3,(H,22,26)(H2,21,23,24). The van der Waals surface area contributed by atoms with Crippen molar-refractivity contribution in [2.45, 2.75) is 33.7 Å². The van der Waals surface area contributed by atoms with Gasteiger partial charge in [0.05, 0.1) is 25.8 Å². The molecule has 1 aromatic rings. The van der Waals surface area contributed by atoms with E-state index in [2.05, 4.69) is 46.8 Å². The van der Waals surface area contributed by atoms with Crippen LogP contribution in [-0.4, -0.2) is 69.2 Å². The molecule has 3 N–H and O–H groups in total. The van der Waals surface area contributed by atoms with Crippen LogP contribution in [0.1, 0.15) is 36.6 Å². The molecule has 0 bridgehead atoms. The van der Waals surface area contributed by atoms with E-state index in [1.807, 2.05) is 25.2 Å². The Hall–Kier alpha value is -1.64. The molecule has 0 radical (unpaired) electrons. The lowest BCUT2D eigenvalue weighted by atomic mass is 10.2. The van der Waals surface area contributed by atoms with Gasteiger partial charge in [0.15, 0.2) is 5.96 Å². The number of guanidine groups is 1. The minimum atomic E-state index is 0.00503. The highest BCUT2D eigenvalue weighted by molar-refractivity contribution is 7.12. The summed E-state index contributed by atoms with van der Waals surface area (Å²) in [5.74, 6) is 0.863. The summed E-state index contributed by atoms with van der Waals surface area (Å²) < 4.78 is 5.52. The van der Waals surface area contributed by atoms with Crippen molar-refractivity contribution in [3.63, 3.8) is 0 Å². The minimum absolute atomic E-state index is 0.00503. The van der Waals surface area contributed by atoms with E-state index in [1.165, 1.54) is 9.75 Å². The van der Waals surface area contributed by atoms with Crippen LogP contribution in [0.4, 0.5) is 0 Å². The van der Waals surface area contributed by atoms with E-state index in [0.717, 1.165) is 38.8 Å². The molecule has 1 unspecified atom stereocenters. The van der Waals surface area contributed by atoms with Crippen LogP contribution in [0.3, 0.4) is 0 Å². The lowest BCUT2D eigenvalue weighted by molar-refractivity contribution is -0.123. The summed E-state index contributed by atoms with van der Waals surface area (Å²) in [6.45, 7) is 14.1. The molecule has 7 nitrogen and oxygen atoms in total. The first kappa shape index (κ1) is 22.6. The minimum Gasteiger partial charge on any atom is -0.379 e. The molecule has 2 rings (SSSR count). The maximum absolute atomic E-state index is 11.7. The van der Waals surface area contributed by atoms with Crippen molar-refractivity contribution in [2.75, 3.05) is 52.5 Å². The summed E-state index contributed by atoms with van der Waals surface area (Å²) in [5, 5.41) is 9.53. The molecule has 1 saturated heterocycles. The van der Waals surface area contributed by atoms with Gasteiger partial charge in [-0.15, -0.1) is 11.3 Å². The second-order valence-electron chi connectivity index (χ2n) is 7.20. The van der Waals surface area contributed by atoms with Gasteiger partial charge in [0.2, 0.25) is 5.91 Å². The molecule has 1 aliphatic heterocycles. The third-order valence-electron chi connectivity index (χ3n) is 4.58. The first-order chi connectivity index (χ1) is 13.5. The van der Waals surface area contributed by atoms with E-state index in [0.29, 0.717) is 19.6 Å². The second kappa shape index (κ2) is 12.0. The molecule has 8 heteroatoms. The summed E-state index contributed by atoms with van der Waals surface area (Å²) in [5.41, 5.74) is 0. The Kier molecular flexibility index (Phi) is 9.73. The van der Waals surface area contributed by atoms with Gasteiger partial charge in [-0.2, -0.15) is 0 Å². The van der Waals surface area contributed by atoms with Crippen LogP contribution < -0.4 is 16.0 Å². The molecule has 1 aliphatic rings. The van der Waals surface area contributed by atoms with Crippen molar-refractivity contribution in [1.82, 2.24) is 20.9 Å². The number of ether oxygens (including phenoxy) is 1. The number of carbonyl (C=O) groups excluding carboxylic acids is 1. The van der Waals surface area contributed by atoms with E-state index in [-0.39, 0.29) is 17.9 Å². The summed E-state index contributed by atoms with van der Waals surface area (Å²) in [7, 11) is 0. The molecule has 1 amide bonds. The SMILES string of the molecule is CCNC(=NCC(c1ccc(C)s1)N1CCOCC1)NCCNC(=O)C(C)C. The van der Waals surface area contributed by atoms with Crippen molar-refractivity contribution in [2.24, 2.45) is 10.9 Å². The maximum atomic E-state index is 11.7. The van der Waals surface area contributed by atoms with Gasteiger partial charge in [0, 0.05) is 48.4 Å². The van der Waals surface area contributed by atoms with Gasteiger partial charge >= 0.3 is 0 Å². The fourth-order valence-electron chi connectivity index (χ4n) is 3.00.